The molecule has 6 heteroatoms. The topological polar surface area (TPSA) is 70.1 Å². The van der Waals surface area contributed by atoms with Crippen molar-refractivity contribution in [1.29, 1.82) is 0 Å². The Kier molecular flexibility index (Phi) is 5.94. The van der Waals surface area contributed by atoms with Gasteiger partial charge in [-0.15, -0.1) is 0 Å². The van der Waals surface area contributed by atoms with Gasteiger partial charge in [-0.3, -0.25) is 9.69 Å². The maximum absolute atomic E-state index is 13.1. The molecule has 1 aliphatic heterocycles. The molecule has 29 heavy (non-hydrogen) atoms. The van der Waals surface area contributed by atoms with Crippen LogP contribution in [0, 0.1) is 5.41 Å². The van der Waals surface area contributed by atoms with Crippen LogP contribution in [0.4, 0.5) is 4.79 Å². The molecule has 0 aliphatic carbocycles. The molecule has 1 N–H and O–H groups in total. The fraction of sp³-hybridized carbons (Fsp3) is 0.391. The highest BCUT2D eigenvalue weighted by Gasteiger charge is 2.54. The fourth-order valence-corrected chi connectivity index (χ4v) is 3.91. The number of carbonyl (C=O) groups is 2. The zero-order chi connectivity index (χ0) is 21.2. The Hall–Kier alpha value is -2.86. The van der Waals surface area contributed by atoms with E-state index in [9.17, 15) is 14.7 Å². The number of hydrogen-bond acceptors (Lipinski definition) is 4. The summed E-state index contributed by atoms with van der Waals surface area (Å²) in [5, 5.41) is 11.0. The minimum absolute atomic E-state index is 0.0963. The third-order valence-corrected chi connectivity index (χ3v) is 5.16. The molecule has 0 saturated carbocycles. The second-order valence-corrected chi connectivity index (χ2v) is 8.44. The molecule has 2 aromatic carbocycles. The van der Waals surface area contributed by atoms with Gasteiger partial charge in [-0.2, -0.15) is 0 Å². The zero-order valence-electron chi connectivity index (χ0n) is 17.3. The molecule has 1 fully saturated rings. The first-order valence-electron chi connectivity index (χ1n) is 9.70. The summed E-state index contributed by atoms with van der Waals surface area (Å²) in [5.41, 5.74) is 1.00. The van der Waals surface area contributed by atoms with Crippen molar-refractivity contribution in [3.05, 3.63) is 71.8 Å². The Balaban J connectivity index is 1.92. The van der Waals surface area contributed by atoms with E-state index in [0.717, 1.165) is 5.56 Å². The van der Waals surface area contributed by atoms with Crippen LogP contribution in [-0.2, 0) is 16.1 Å². The molecule has 0 spiro atoms. The zero-order valence-corrected chi connectivity index (χ0v) is 17.3. The van der Waals surface area contributed by atoms with Crippen molar-refractivity contribution in [1.82, 2.24) is 9.80 Å². The van der Waals surface area contributed by atoms with Crippen molar-refractivity contribution in [3.8, 4) is 0 Å². The predicted octanol–water partition coefficient (Wildman–Crippen LogP) is 3.57. The van der Waals surface area contributed by atoms with Gasteiger partial charge in [-0.25, -0.2) is 4.79 Å². The summed E-state index contributed by atoms with van der Waals surface area (Å²) >= 11 is 0. The van der Waals surface area contributed by atoms with Crippen molar-refractivity contribution >= 4 is 12.0 Å². The minimum Gasteiger partial charge on any atom is -0.444 e. The molecule has 0 aromatic heterocycles. The molecule has 2 aromatic rings. The van der Waals surface area contributed by atoms with E-state index in [0.29, 0.717) is 5.56 Å². The highest BCUT2D eigenvalue weighted by atomic mass is 16.6. The number of amides is 2. The smallest absolute Gasteiger partial charge is 0.412 e. The van der Waals surface area contributed by atoms with Gasteiger partial charge in [-0.1, -0.05) is 81.4 Å². The van der Waals surface area contributed by atoms with E-state index in [-0.39, 0.29) is 12.5 Å². The summed E-state index contributed by atoms with van der Waals surface area (Å²) in [6.45, 7) is 5.96. The lowest BCUT2D eigenvalue weighted by Crippen LogP contribution is -2.52. The Morgan fingerprint density at radius 1 is 1.07 bits per heavy atom. The number of benzene rings is 2. The van der Waals surface area contributed by atoms with E-state index in [1.807, 2.05) is 57.2 Å². The molecule has 154 valence electrons. The Morgan fingerprint density at radius 2 is 1.62 bits per heavy atom. The van der Waals surface area contributed by atoms with Crippen molar-refractivity contribution < 1.29 is 19.4 Å². The first kappa shape index (κ1) is 20.9. The Labute approximate surface area is 171 Å². The molecule has 1 heterocycles. The van der Waals surface area contributed by atoms with Crippen LogP contribution in [0.25, 0.3) is 0 Å². The number of aliphatic hydroxyl groups is 1. The van der Waals surface area contributed by atoms with Crippen LogP contribution in [0.5, 0.6) is 0 Å². The van der Waals surface area contributed by atoms with Crippen LogP contribution in [-0.4, -0.2) is 46.2 Å². The number of rotatable bonds is 4. The highest BCUT2D eigenvalue weighted by Crippen LogP contribution is 2.38. The molecular weight excluding hydrogens is 368 g/mol. The summed E-state index contributed by atoms with van der Waals surface area (Å²) < 4.78 is 5.55. The lowest BCUT2D eigenvalue weighted by atomic mass is 9.91. The normalized spacial score (nSPS) is 20.7. The second kappa shape index (κ2) is 8.25. The number of likely N-dealkylation sites (N-methyl/N-ethyl adjacent to an activating group) is 1. The molecule has 1 aliphatic rings. The average Bonchev–Trinajstić information content (AvgIpc) is 2.98. The van der Waals surface area contributed by atoms with Gasteiger partial charge in [-0.05, 0) is 11.1 Å². The van der Waals surface area contributed by atoms with Crippen molar-refractivity contribution in [2.45, 2.75) is 45.7 Å². The molecule has 1 saturated heterocycles. The standard InChI is InChI=1S/C23H28N2O4/c1-23(2,3)21-24(4)20(27)18(19(26)17-13-9-6-10-14-17)25(21)22(28)29-15-16-11-7-5-8-12-16/h5-14,18-19,21,26H,15H2,1-4H3. The van der Waals surface area contributed by atoms with Crippen LogP contribution in [0.2, 0.25) is 0 Å². The third kappa shape index (κ3) is 4.27. The van der Waals surface area contributed by atoms with E-state index in [1.54, 1.807) is 31.3 Å². The quantitative estimate of drug-likeness (QED) is 0.858. The van der Waals surface area contributed by atoms with Crippen molar-refractivity contribution in [2.75, 3.05) is 7.05 Å². The Morgan fingerprint density at radius 3 is 2.17 bits per heavy atom. The first-order chi connectivity index (χ1) is 13.7. The van der Waals surface area contributed by atoms with Gasteiger partial charge < -0.3 is 14.7 Å². The summed E-state index contributed by atoms with van der Waals surface area (Å²) in [5.74, 6) is -0.307. The molecule has 3 atom stereocenters. The van der Waals surface area contributed by atoms with E-state index >= 15 is 0 Å². The number of carbonyl (C=O) groups excluding carboxylic acids is 2. The monoisotopic (exact) mass is 396 g/mol. The van der Waals surface area contributed by atoms with Crippen molar-refractivity contribution in [2.24, 2.45) is 5.41 Å². The summed E-state index contributed by atoms with van der Waals surface area (Å²) in [7, 11) is 1.66. The van der Waals surface area contributed by atoms with Gasteiger partial charge in [0.1, 0.15) is 24.9 Å². The second-order valence-electron chi connectivity index (χ2n) is 8.44. The molecule has 3 unspecified atom stereocenters. The summed E-state index contributed by atoms with van der Waals surface area (Å²) in [4.78, 5) is 29.1. The lowest BCUT2D eigenvalue weighted by Gasteiger charge is -2.38. The van der Waals surface area contributed by atoms with E-state index < -0.39 is 29.8 Å². The number of aliphatic hydroxyl groups excluding tert-OH is 1. The number of ether oxygens (including phenoxy) is 1. The molecule has 6 nitrogen and oxygen atoms in total. The van der Waals surface area contributed by atoms with Crippen LogP contribution in [0.1, 0.15) is 38.0 Å². The van der Waals surface area contributed by atoms with Gasteiger partial charge in [0.25, 0.3) is 0 Å². The number of nitrogens with zero attached hydrogens (tertiary/aromatic N) is 2. The number of hydrogen-bond donors (Lipinski definition) is 1. The minimum atomic E-state index is -1.15. The van der Waals surface area contributed by atoms with E-state index in [2.05, 4.69) is 0 Å². The molecule has 3 rings (SSSR count). The molecule has 0 bridgehead atoms. The fourth-order valence-electron chi connectivity index (χ4n) is 3.91. The Bertz CT molecular complexity index is 848. The average molecular weight is 396 g/mol. The van der Waals surface area contributed by atoms with E-state index in [4.69, 9.17) is 4.74 Å². The maximum atomic E-state index is 13.1. The van der Waals surface area contributed by atoms with Crippen LogP contribution in [0.15, 0.2) is 60.7 Å². The molecule has 0 radical (unpaired) electrons. The van der Waals surface area contributed by atoms with Gasteiger partial charge >= 0.3 is 6.09 Å². The van der Waals surface area contributed by atoms with Gasteiger partial charge in [0.05, 0.1) is 0 Å². The lowest BCUT2D eigenvalue weighted by molar-refractivity contribution is -0.131. The predicted molar refractivity (Wildman–Crippen MR) is 110 cm³/mol. The van der Waals surface area contributed by atoms with E-state index in [1.165, 1.54) is 9.80 Å². The third-order valence-electron chi connectivity index (χ3n) is 5.16. The largest absolute Gasteiger partial charge is 0.444 e. The van der Waals surface area contributed by atoms with Gasteiger partial charge in [0.2, 0.25) is 5.91 Å². The van der Waals surface area contributed by atoms with Crippen LogP contribution < -0.4 is 0 Å². The SMILES string of the molecule is CN1C(=O)C(C(O)c2ccccc2)N(C(=O)OCc2ccccc2)C1C(C)(C)C. The molecular formula is C23H28N2O4. The summed E-state index contributed by atoms with van der Waals surface area (Å²) in [6.07, 6.45) is -2.31. The maximum Gasteiger partial charge on any atom is 0.412 e. The van der Waals surface area contributed by atoms with Crippen molar-refractivity contribution in [3.63, 3.8) is 0 Å². The van der Waals surface area contributed by atoms with Crippen LogP contribution in [0.3, 0.4) is 0 Å². The molecule has 2 amide bonds. The first-order valence-corrected chi connectivity index (χ1v) is 9.70. The van der Waals surface area contributed by atoms with Gasteiger partial charge in [0, 0.05) is 12.5 Å². The van der Waals surface area contributed by atoms with Gasteiger partial charge in [0.15, 0.2) is 0 Å². The highest BCUT2D eigenvalue weighted by molar-refractivity contribution is 5.90. The summed E-state index contributed by atoms with van der Waals surface area (Å²) in [6, 6.07) is 17.2. The van der Waals surface area contributed by atoms with Crippen LogP contribution >= 0.6 is 0 Å².